The van der Waals surface area contributed by atoms with Crippen molar-refractivity contribution in [3.05, 3.63) is 18.6 Å². The van der Waals surface area contributed by atoms with Crippen LogP contribution in [0.1, 0.15) is 38.5 Å². The Labute approximate surface area is 158 Å². The number of aromatic amines is 1. The summed E-state index contributed by atoms with van der Waals surface area (Å²) in [5.41, 5.74) is 0.698. The number of aliphatic hydroxyl groups excluding tert-OH is 1. The molecule has 0 amide bonds. The number of carbonyl (C=O) groups excluding carboxylic acids is 1. The van der Waals surface area contributed by atoms with Crippen LogP contribution in [0.15, 0.2) is 18.6 Å². The highest BCUT2D eigenvalue weighted by molar-refractivity contribution is 5.87. The van der Waals surface area contributed by atoms with Crippen LogP contribution in [0.25, 0.3) is 11.0 Å². The van der Waals surface area contributed by atoms with E-state index in [9.17, 15) is 9.90 Å². The zero-order valence-electron chi connectivity index (χ0n) is 15.5. The van der Waals surface area contributed by atoms with Crippen LogP contribution in [0.2, 0.25) is 0 Å². The topological polar surface area (TPSA) is 91.3 Å². The Bertz CT molecular complexity index is 850. The number of H-pyrrole nitrogens is 1. The molecule has 0 unspecified atom stereocenters. The summed E-state index contributed by atoms with van der Waals surface area (Å²) in [6.45, 7) is 2.12. The average molecular weight is 370 g/mol. The van der Waals surface area contributed by atoms with Crippen LogP contribution in [-0.2, 0) is 9.53 Å². The molecule has 1 saturated heterocycles. The molecule has 7 heteroatoms. The first-order valence-corrected chi connectivity index (χ1v) is 9.95. The highest BCUT2D eigenvalue weighted by atomic mass is 16.5. The van der Waals surface area contributed by atoms with Crippen molar-refractivity contribution in [3.8, 4) is 0 Å². The molecule has 1 spiro atoms. The molecule has 1 atom stereocenters. The predicted molar refractivity (Wildman–Crippen MR) is 100 cm³/mol. The number of aromatic nitrogens is 3. The number of hydrogen-bond donors (Lipinski definition) is 2. The summed E-state index contributed by atoms with van der Waals surface area (Å²) in [7, 11) is 0. The highest BCUT2D eigenvalue weighted by Crippen LogP contribution is 2.56. The van der Waals surface area contributed by atoms with Gasteiger partial charge in [0.1, 0.15) is 17.8 Å². The fourth-order valence-corrected chi connectivity index (χ4v) is 4.84. The van der Waals surface area contributed by atoms with Crippen LogP contribution in [0, 0.1) is 16.7 Å². The van der Waals surface area contributed by atoms with E-state index in [4.69, 9.17) is 4.74 Å². The standard InChI is InChI=1S/C20H26N4O3/c25-11-19(4-1-5-19)12-27-18(26)15-3-9-24(10-20(15)6-7-20)17-14-2-8-21-16(14)22-13-23-17/h2,8,13,15,25H,1,3-7,9-12H2,(H,21,22,23)/t15-/m1/s1. The minimum Gasteiger partial charge on any atom is -0.465 e. The zero-order chi connectivity index (χ0) is 18.5. The van der Waals surface area contributed by atoms with Gasteiger partial charge in [0.15, 0.2) is 0 Å². The SMILES string of the molecule is O=C(OCC1(CO)CCC1)[C@H]1CCN(c2ncnc3[nH]ccc23)CC12CC2. The van der Waals surface area contributed by atoms with E-state index in [2.05, 4.69) is 19.9 Å². The summed E-state index contributed by atoms with van der Waals surface area (Å²) in [6.07, 6.45) is 9.44. The van der Waals surface area contributed by atoms with Crippen molar-refractivity contribution < 1.29 is 14.6 Å². The smallest absolute Gasteiger partial charge is 0.309 e. The molecule has 144 valence electrons. The largest absolute Gasteiger partial charge is 0.465 e. The number of nitrogens with zero attached hydrogens (tertiary/aromatic N) is 3. The quantitative estimate of drug-likeness (QED) is 0.785. The van der Waals surface area contributed by atoms with Crippen molar-refractivity contribution in [3.63, 3.8) is 0 Å². The van der Waals surface area contributed by atoms with E-state index in [0.717, 1.165) is 68.5 Å². The molecule has 3 fully saturated rings. The lowest BCUT2D eigenvalue weighted by atomic mass is 9.70. The summed E-state index contributed by atoms with van der Waals surface area (Å²) in [6, 6.07) is 2.01. The van der Waals surface area contributed by atoms with Crippen LogP contribution in [-0.4, -0.2) is 52.3 Å². The second-order valence-electron chi connectivity index (χ2n) is 8.68. The first-order chi connectivity index (χ1) is 13.1. The van der Waals surface area contributed by atoms with E-state index >= 15 is 0 Å². The molecule has 1 aliphatic heterocycles. The molecule has 0 radical (unpaired) electrons. The van der Waals surface area contributed by atoms with Gasteiger partial charge < -0.3 is 19.7 Å². The number of fused-ring (bicyclic) bond motifs is 1. The molecule has 0 bridgehead atoms. The molecular weight excluding hydrogens is 344 g/mol. The van der Waals surface area contributed by atoms with Gasteiger partial charge in [0.05, 0.1) is 24.5 Å². The fourth-order valence-electron chi connectivity index (χ4n) is 4.84. The second kappa shape index (κ2) is 6.19. The first kappa shape index (κ1) is 17.0. The van der Waals surface area contributed by atoms with E-state index < -0.39 is 0 Å². The maximum atomic E-state index is 12.8. The van der Waals surface area contributed by atoms with Gasteiger partial charge in [0, 0.05) is 30.1 Å². The molecule has 5 rings (SSSR count). The zero-order valence-corrected chi connectivity index (χ0v) is 15.5. The van der Waals surface area contributed by atoms with Gasteiger partial charge in [-0.3, -0.25) is 4.79 Å². The third-order valence-electron chi connectivity index (χ3n) is 7.01. The van der Waals surface area contributed by atoms with Crippen molar-refractivity contribution in [2.45, 2.75) is 38.5 Å². The average Bonchev–Trinajstić information content (AvgIpc) is 3.23. The van der Waals surface area contributed by atoms with Gasteiger partial charge in [-0.15, -0.1) is 0 Å². The molecular formula is C20H26N4O3. The Morgan fingerprint density at radius 1 is 1.33 bits per heavy atom. The highest BCUT2D eigenvalue weighted by Gasteiger charge is 2.56. The third-order valence-corrected chi connectivity index (χ3v) is 7.01. The molecule has 2 aromatic rings. The second-order valence-corrected chi connectivity index (χ2v) is 8.68. The minimum absolute atomic E-state index is 0.0227. The number of anilines is 1. The van der Waals surface area contributed by atoms with E-state index in [1.54, 1.807) is 6.33 Å². The van der Waals surface area contributed by atoms with E-state index in [0.29, 0.717) is 6.61 Å². The maximum absolute atomic E-state index is 12.8. The Morgan fingerprint density at radius 2 is 2.19 bits per heavy atom. The number of hydrogen-bond acceptors (Lipinski definition) is 6. The van der Waals surface area contributed by atoms with Crippen LogP contribution < -0.4 is 4.90 Å². The number of ether oxygens (including phenoxy) is 1. The number of piperidine rings is 1. The number of esters is 1. The van der Waals surface area contributed by atoms with Gasteiger partial charge in [-0.25, -0.2) is 9.97 Å². The summed E-state index contributed by atoms with van der Waals surface area (Å²) in [5, 5.41) is 10.6. The number of carbonyl (C=O) groups is 1. The Balaban J connectivity index is 1.28. The number of nitrogens with one attached hydrogen (secondary N) is 1. The van der Waals surface area contributed by atoms with Crippen molar-refractivity contribution in [1.29, 1.82) is 0 Å². The Kier molecular flexibility index (Phi) is 3.89. The molecule has 27 heavy (non-hydrogen) atoms. The maximum Gasteiger partial charge on any atom is 0.309 e. The van der Waals surface area contributed by atoms with Crippen molar-refractivity contribution in [1.82, 2.24) is 15.0 Å². The third kappa shape index (κ3) is 2.79. The van der Waals surface area contributed by atoms with Crippen molar-refractivity contribution in [2.24, 2.45) is 16.7 Å². The molecule has 7 nitrogen and oxygen atoms in total. The Hall–Kier alpha value is -2.15. The summed E-state index contributed by atoms with van der Waals surface area (Å²) in [5.74, 6) is 0.850. The summed E-state index contributed by atoms with van der Waals surface area (Å²) in [4.78, 5) is 27.0. The monoisotopic (exact) mass is 370 g/mol. The van der Waals surface area contributed by atoms with Crippen molar-refractivity contribution >= 4 is 22.8 Å². The first-order valence-electron chi connectivity index (χ1n) is 9.95. The van der Waals surface area contributed by atoms with Crippen molar-refractivity contribution in [2.75, 3.05) is 31.2 Å². The molecule has 3 heterocycles. The van der Waals surface area contributed by atoms with Crippen LogP contribution >= 0.6 is 0 Å². The Morgan fingerprint density at radius 3 is 2.89 bits per heavy atom. The van der Waals surface area contributed by atoms with Gasteiger partial charge in [-0.2, -0.15) is 0 Å². The summed E-state index contributed by atoms with van der Waals surface area (Å²) >= 11 is 0. The molecule has 3 aliphatic rings. The predicted octanol–water partition coefficient (Wildman–Crippen LogP) is 2.27. The van der Waals surface area contributed by atoms with Gasteiger partial charge in [0.2, 0.25) is 0 Å². The van der Waals surface area contributed by atoms with E-state index in [-0.39, 0.29) is 29.3 Å². The lowest BCUT2D eigenvalue weighted by Gasteiger charge is -2.41. The lowest BCUT2D eigenvalue weighted by Crippen LogP contribution is -2.46. The van der Waals surface area contributed by atoms with Gasteiger partial charge in [0.25, 0.3) is 0 Å². The number of rotatable bonds is 5. The van der Waals surface area contributed by atoms with Gasteiger partial charge >= 0.3 is 5.97 Å². The molecule has 0 aromatic carbocycles. The molecule has 2 N–H and O–H groups in total. The number of aliphatic hydroxyl groups is 1. The van der Waals surface area contributed by atoms with E-state index in [1.165, 1.54) is 0 Å². The molecule has 2 aromatic heterocycles. The molecule has 2 aliphatic carbocycles. The lowest BCUT2D eigenvalue weighted by molar-refractivity contribution is -0.159. The minimum atomic E-state index is -0.173. The van der Waals surface area contributed by atoms with Gasteiger partial charge in [-0.1, -0.05) is 6.42 Å². The van der Waals surface area contributed by atoms with Crippen LogP contribution in [0.4, 0.5) is 5.82 Å². The normalized spacial score (nSPS) is 25.4. The summed E-state index contributed by atoms with van der Waals surface area (Å²) < 4.78 is 5.71. The fraction of sp³-hybridized carbons (Fsp3) is 0.650. The van der Waals surface area contributed by atoms with Gasteiger partial charge in [-0.05, 0) is 38.2 Å². The van der Waals surface area contributed by atoms with Crippen LogP contribution in [0.5, 0.6) is 0 Å². The van der Waals surface area contributed by atoms with E-state index in [1.807, 2.05) is 12.3 Å². The molecule has 2 saturated carbocycles. The van der Waals surface area contributed by atoms with Crippen LogP contribution in [0.3, 0.4) is 0 Å².